The first kappa shape index (κ1) is 15.0. The van der Waals surface area contributed by atoms with Crippen molar-refractivity contribution >= 4 is 0 Å². The van der Waals surface area contributed by atoms with Crippen molar-refractivity contribution in [2.45, 2.75) is 83.6 Å². The molecule has 1 aromatic rings. The predicted molar refractivity (Wildman–Crippen MR) is 84.4 cm³/mol. The van der Waals surface area contributed by atoms with Crippen molar-refractivity contribution in [3.63, 3.8) is 0 Å². The lowest BCUT2D eigenvalue weighted by Gasteiger charge is -2.33. The van der Waals surface area contributed by atoms with Crippen molar-refractivity contribution in [1.82, 2.24) is 15.1 Å². The van der Waals surface area contributed by atoms with Gasteiger partial charge in [-0.1, -0.05) is 19.3 Å². The first-order chi connectivity index (χ1) is 10.1. The molecule has 1 unspecified atom stereocenters. The quantitative estimate of drug-likeness (QED) is 0.926. The Bertz CT molecular complexity index is 488. The minimum absolute atomic E-state index is 0.215. The van der Waals surface area contributed by atoms with Crippen molar-refractivity contribution in [3.8, 4) is 0 Å². The van der Waals surface area contributed by atoms with Gasteiger partial charge in [0.25, 0.3) is 0 Å². The standard InChI is InChI=1S/C17H29N3O/c1-13-16(11-18-3)14(2)20(19-13)12-15-7-10-17(21-15)8-5-4-6-9-17/h15,18H,4-12H2,1-3H3. The van der Waals surface area contributed by atoms with Crippen molar-refractivity contribution < 1.29 is 4.74 Å². The summed E-state index contributed by atoms with van der Waals surface area (Å²) >= 11 is 0. The third-order valence-electron chi connectivity index (χ3n) is 5.36. The fourth-order valence-corrected chi connectivity index (χ4v) is 4.13. The van der Waals surface area contributed by atoms with Gasteiger partial charge in [-0.05, 0) is 46.6 Å². The molecule has 0 aromatic carbocycles. The van der Waals surface area contributed by atoms with E-state index in [2.05, 4.69) is 23.8 Å². The summed E-state index contributed by atoms with van der Waals surface area (Å²) in [6.45, 7) is 6.09. The largest absolute Gasteiger partial charge is 0.370 e. The summed E-state index contributed by atoms with van der Waals surface area (Å²) in [6, 6.07) is 0. The minimum Gasteiger partial charge on any atom is -0.370 e. The summed E-state index contributed by atoms with van der Waals surface area (Å²) in [5.41, 5.74) is 3.98. The number of ether oxygens (including phenoxy) is 1. The third kappa shape index (κ3) is 3.02. The molecule has 0 bridgehead atoms. The molecule has 118 valence electrons. The van der Waals surface area contributed by atoms with Gasteiger partial charge in [-0.3, -0.25) is 4.68 Å². The number of rotatable bonds is 4. The van der Waals surface area contributed by atoms with Gasteiger partial charge in [0.1, 0.15) is 0 Å². The molecular formula is C17H29N3O. The summed E-state index contributed by atoms with van der Waals surface area (Å²) in [6.07, 6.45) is 9.42. The Hall–Kier alpha value is -0.870. The molecule has 1 spiro atoms. The lowest BCUT2D eigenvalue weighted by atomic mass is 9.83. The Labute approximate surface area is 128 Å². The number of nitrogens with zero attached hydrogens (tertiary/aromatic N) is 2. The van der Waals surface area contributed by atoms with Gasteiger partial charge in [-0.25, -0.2) is 0 Å². The second-order valence-electron chi connectivity index (χ2n) is 6.88. The van der Waals surface area contributed by atoms with Crippen LogP contribution < -0.4 is 5.32 Å². The van der Waals surface area contributed by atoms with Gasteiger partial charge in [0.2, 0.25) is 0 Å². The van der Waals surface area contributed by atoms with Crippen LogP contribution in [0.5, 0.6) is 0 Å². The van der Waals surface area contributed by atoms with E-state index in [1.807, 2.05) is 7.05 Å². The molecule has 2 heterocycles. The van der Waals surface area contributed by atoms with E-state index < -0.39 is 0 Å². The van der Waals surface area contributed by atoms with E-state index >= 15 is 0 Å². The summed E-state index contributed by atoms with van der Waals surface area (Å²) < 4.78 is 8.64. The average molecular weight is 291 g/mol. The van der Waals surface area contributed by atoms with E-state index in [0.717, 1.165) is 18.8 Å². The van der Waals surface area contributed by atoms with Crippen molar-refractivity contribution in [2.75, 3.05) is 7.05 Å². The number of aryl methyl sites for hydroxylation is 1. The first-order valence-electron chi connectivity index (χ1n) is 8.49. The molecule has 0 radical (unpaired) electrons. The number of hydrogen-bond donors (Lipinski definition) is 1. The van der Waals surface area contributed by atoms with Crippen molar-refractivity contribution in [1.29, 1.82) is 0 Å². The molecule has 1 saturated heterocycles. The Morgan fingerprint density at radius 2 is 2.00 bits per heavy atom. The Balaban J connectivity index is 1.66. The van der Waals surface area contributed by atoms with Crippen LogP contribution in [0.3, 0.4) is 0 Å². The minimum atomic E-state index is 0.215. The van der Waals surface area contributed by atoms with E-state index in [1.54, 1.807) is 0 Å². The fourth-order valence-electron chi connectivity index (χ4n) is 4.13. The molecule has 3 rings (SSSR count). The van der Waals surface area contributed by atoms with Crippen LogP contribution in [0.2, 0.25) is 0 Å². The highest BCUT2D eigenvalue weighted by Gasteiger charge is 2.40. The Morgan fingerprint density at radius 3 is 2.71 bits per heavy atom. The molecule has 2 aliphatic rings. The highest BCUT2D eigenvalue weighted by atomic mass is 16.5. The molecule has 2 fully saturated rings. The van der Waals surface area contributed by atoms with Gasteiger partial charge in [-0.15, -0.1) is 0 Å². The van der Waals surface area contributed by atoms with E-state index in [0.29, 0.717) is 6.10 Å². The zero-order valence-electron chi connectivity index (χ0n) is 13.7. The lowest BCUT2D eigenvalue weighted by molar-refractivity contribution is -0.0690. The van der Waals surface area contributed by atoms with E-state index in [-0.39, 0.29) is 5.60 Å². The molecule has 1 atom stereocenters. The van der Waals surface area contributed by atoms with Gasteiger partial charge >= 0.3 is 0 Å². The van der Waals surface area contributed by atoms with Crippen LogP contribution in [0.4, 0.5) is 0 Å². The Morgan fingerprint density at radius 1 is 1.24 bits per heavy atom. The monoisotopic (exact) mass is 291 g/mol. The smallest absolute Gasteiger partial charge is 0.0779 e. The summed E-state index contributed by atoms with van der Waals surface area (Å²) in [5, 5.41) is 7.96. The molecule has 0 amide bonds. The van der Waals surface area contributed by atoms with Gasteiger partial charge < -0.3 is 10.1 Å². The topological polar surface area (TPSA) is 39.1 Å². The number of nitrogens with one attached hydrogen (secondary N) is 1. The van der Waals surface area contributed by atoms with Crippen LogP contribution in [0, 0.1) is 13.8 Å². The van der Waals surface area contributed by atoms with Gasteiger partial charge in [-0.2, -0.15) is 5.10 Å². The van der Waals surface area contributed by atoms with Crippen molar-refractivity contribution in [2.24, 2.45) is 0 Å². The summed E-state index contributed by atoms with van der Waals surface area (Å²) in [7, 11) is 1.99. The van der Waals surface area contributed by atoms with Crippen LogP contribution in [0.1, 0.15) is 61.9 Å². The SMILES string of the molecule is CNCc1c(C)nn(CC2CCC3(CCCCC3)O2)c1C. The molecule has 1 aromatic heterocycles. The summed E-state index contributed by atoms with van der Waals surface area (Å²) in [4.78, 5) is 0. The maximum absolute atomic E-state index is 6.48. The molecule has 1 saturated carbocycles. The second-order valence-corrected chi connectivity index (χ2v) is 6.88. The second kappa shape index (κ2) is 6.09. The van der Waals surface area contributed by atoms with Crippen LogP contribution >= 0.6 is 0 Å². The fraction of sp³-hybridized carbons (Fsp3) is 0.824. The average Bonchev–Trinajstić information content (AvgIpc) is 2.97. The van der Waals surface area contributed by atoms with E-state index in [4.69, 9.17) is 9.84 Å². The maximum atomic E-state index is 6.48. The van der Waals surface area contributed by atoms with E-state index in [1.165, 1.54) is 56.2 Å². The Kier molecular flexibility index (Phi) is 4.36. The molecule has 21 heavy (non-hydrogen) atoms. The lowest BCUT2D eigenvalue weighted by Crippen LogP contribution is -2.32. The van der Waals surface area contributed by atoms with E-state index in [9.17, 15) is 0 Å². The molecule has 1 N–H and O–H groups in total. The predicted octanol–water partition coefficient (Wildman–Crippen LogP) is 3.10. The highest BCUT2D eigenvalue weighted by Crippen LogP contribution is 2.42. The van der Waals surface area contributed by atoms with Crippen LogP contribution in [-0.2, 0) is 17.8 Å². The van der Waals surface area contributed by atoms with Crippen LogP contribution in [0.15, 0.2) is 0 Å². The molecule has 1 aliphatic heterocycles. The van der Waals surface area contributed by atoms with Crippen LogP contribution in [-0.4, -0.2) is 28.5 Å². The molecular weight excluding hydrogens is 262 g/mol. The van der Waals surface area contributed by atoms with Gasteiger partial charge in [0.15, 0.2) is 0 Å². The molecule has 4 heteroatoms. The molecule has 4 nitrogen and oxygen atoms in total. The third-order valence-corrected chi connectivity index (χ3v) is 5.36. The normalized spacial score (nSPS) is 24.8. The highest BCUT2D eigenvalue weighted by molar-refractivity contribution is 5.24. The first-order valence-corrected chi connectivity index (χ1v) is 8.49. The van der Waals surface area contributed by atoms with Crippen LogP contribution in [0.25, 0.3) is 0 Å². The molecule has 1 aliphatic carbocycles. The summed E-state index contributed by atoms with van der Waals surface area (Å²) in [5.74, 6) is 0. The zero-order valence-corrected chi connectivity index (χ0v) is 13.7. The number of aromatic nitrogens is 2. The zero-order chi connectivity index (χ0) is 14.9. The maximum Gasteiger partial charge on any atom is 0.0779 e. The number of hydrogen-bond acceptors (Lipinski definition) is 3. The van der Waals surface area contributed by atoms with Crippen molar-refractivity contribution in [3.05, 3.63) is 17.0 Å². The van der Waals surface area contributed by atoms with Gasteiger partial charge in [0, 0.05) is 17.8 Å². The van der Waals surface area contributed by atoms with Gasteiger partial charge in [0.05, 0.1) is 23.9 Å².